The molecule has 1 fully saturated rings. The highest BCUT2D eigenvalue weighted by Gasteiger charge is 2.21. The van der Waals surface area contributed by atoms with Gasteiger partial charge in [0.25, 0.3) is 0 Å². The first-order chi connectivity index (χ1) is 9.61. The van der Waals surface area contributed by atoms with Crippen LogP contribution in [-0.4, -0.2) is 29.0 Å². The van der Waals surface area contributed by atoms with Crippen molar-refractivity contribution in [3.63, 3.8) is 0 Å². The van der Waals surface area contributed by atoms with Gasteiger partial charge < -0.3 is 10.2 Å². The molecule has 1 atom stereocenters. The van der Waals surface area contributed by atoms with Gasteiger partial charge in [-0.05, 0) is 31.5 Å². The number of hydrogen-bond acceptors (Lipinski definition) is 4. The van der Waals surface area contributed by atoms with Crippen molar-refractivity contribution >= 4 is 11.6 Å². The van der Waals surface area contributed by atoms with Crippen LogP contribution in [0.3, 0.4) is 0 Å². The number of aromatic nitrogens is 1. The fourth-order valence-electron chi connectivity index (χ4n) is 2.54. The molecule has 0 bridgehead atoms. The molecule has 3 rings (SSSR count). The van der Waals surface area contributed by atoms with Gasteiger partial charge in [-0.3, -0.25) is 4.90 Å². The molecule has 106 valence electrons. The maximum Gasteiger partial charge on any atom is 0.226 e. The van der Waals surface area contributed by atoms with E-state index in [0.29, 0.717) is 10.9 Å². The summed E-state index contributed by atoms with van der Waals surface area (Å²) in [5, 5.41) is 0.686. The molecule has 0 amide bonds. The second-order valence-corrected chi connectivity index (χ2v) is 5.75. The number of halogens is 1. The third-order valence-electron chi connectivity index (χ3n) is 3.65. The van der Waals surface area contributed by atoms with Crippen LogP contribution in [0.2, 0.25) is 5.02 Å². The summed E-state index contributed by atoms with van der Waals surface area (Å²) in [6, 6.07) is 7.84. The summed E-state index contributed by atoms with van der Waals surface area (Å²) in [6.07, 6.45) is 1.05. The highest BCUT2D eigenvalue weighted by atomic mass is 35.5. The number of rotatable bonds is 3. The fourth-order valence-corrected chi connectivity index (χ4v) is 2.73. The van der Waals surface area contributed by atoms with Crippen LogP contribution in [0.25, 0.3) is 11.5 Å². The SMILES string of the molecule is Cc1oc(-c2cccc(Cl)c2)nc1CN1CC[C@H](N)C1. The van der Waals surface area contributed by atoms with Crippen molar-refractivity contribution in [1.29, 1.82) is 0 Å². The minimum atomic E-state index is 0.287. The number of nitrogens with zero attached hydrogens (tertiary/aromatic N) is 2. The minimum Gasteiger partial charge on any atom is -0.441 e. The molecule has 1 aromatic heterocycles. The van der Waals surface area contributed by atoms with Crippen LogP contribution in [0.4, 0.5) is 0 Å². The molecular formula is C15H18ClN3O. The van der Waals surface area contributed by atoms with Gasteiger partial charge in [0.05, 0.1) is 5.69 Å². The van der Waals surface area contributed by atoms with E-state index in [-0.39, 0.29) is 6.04 Å². The smallest absolute Gasteiger partial charge is 0.226 e. The van der Waals surface area contributed by atoms with E-state index in [0.717, 1.165) is 43.1 Å². The van der Waals surface area contributed by atoms with Crippen molar-refractivity contribution in [3.05, 3.63) is 40.7 Å². The predicted molar refractivity (Wildman–Crippen MR) is 79.6 cm³/mol. The summed E-state index contributed by atoms with van der Waals surface area (Å²) in [6.45, 7) is 4.70. The van der Waals surface area contributed by atoms with Crippen molar-refractivity contribution in [2.45, 2.75) is 25.9 Å². The Hall–Kier alpha value is -1.36. The Labute approximate surface area is 123 Å². The Morgan fingerprint density at radius 2 is 2.35 bits per heavy atom. The normalized spacial score (nSPS) is 19.6. The predicted octanol–water partition coefficient (Wildman–Crippen LogP) is 2.84. The van der Waals surface area contributed by atoms with E-state index in [1.807, 2.05) is 31.2 Å². The second kappa shape index (κ2) is 5.56. The number of aryl methyl sites for hydroxylation is 1. The zero-order valence-electron chi connectivity index (χ0n) is 11.5. The first-order valence-electron chi connectivity index (χ1n) is 6.82. The van der Waals surface area contributed by atoms with Gasteiger partial charge in [-0.25, -0.2) is 4.98 Å². The van der Waals surface area contributed by atoms with E-state index in [2.05, 4.69) is 9.88 Å². The molecule has 2 aromatic rings. The highest BCUT2D eigenvalue weighted by molar-refractivity contribution is 6.30. The van der Waals surface area contributed by atoms with Crippen LogP contribution in [-0.2, 0) is 6.54 Å². The quantitative estimate of drug-likeness (QED) is 0.945. The standard InChI is InChI=1S/C15H18ClN3O/c1-10-14(9-19-6-5-13(17)8-19)18-15(20-10)11-3-2-4-12(16)7-11/h2-4,7,13H,5-6,8-9,17H2,1H3/t13-/m0/s1. The molecule has 2 N–H and O–H groups in total. The minimum absolute atomic E-state index is 0.287. The van der Waals surface area contributed by atoms with E-state index in [4.69, 9.17) is 21.8 Å². The molecule has 4 nitrogen and oxygen atoms in total. The van der Waals surface area contributed by atoms with Gasteiger partial charge in [0, 0.05) is 36.3 Å². The van der Waals surface area contributed by atoms with Crippen LogP contribution in [0.15, 0.2) is 28.7 Å². The van der Waals surface area contributed by atoms with Gasteiger partial charge >= 0.3 is 0 Å². The molecule has 0 unspecified atom stereocenters. The Bertz CT molecular complexity index is 611. The van der Waals surface area contributed by atoms with Crippen LogP contribution >= 0.6 is 11.6 Å². The van der Waals surface area contributed by atoms with E-state index in [9.17, 15) is 0 Å². The van der Waals surface area contributed by atoms with E-state index >= 15 is 0 Å². The molecule has 1 aromatic carbocycles. The van der Waals surface area contributed by atoms with E-state index in [1.165, 1.54) is 0 Å². The Kier molecular flexibility index (Phi) is 3.78. The van der Waals surface area contributed by atoms with Gasteiger partial charge in [0.1, 0.15) is 5.76 Å². The molecule has 0 radical (unpaired) electrons. The molecule has 0 aliphatic carbocycles. The van der Waals surface area contributed by atoms with Gasteiger partial charge in [-0.2, -0.15) is 0 Å². The maximum absolute atomic E-state index is 6.00. The number of likely N-dealkylation sites (tertiary alicyclic amines) is 1. The van der Waals surface area contributed by atoms with E-state index in [1.54, 1.807) is 0 Å². The average molecular weight is 292 g/mol. The topological polar surface area (TPSA) is 55.3 Å². The maximum atomic E-state index is 6.00. The van der Waals surface area contributed by atoms with Crippen molar-refractivity contribution in [3.8, 4) is 11.5 Å². The summed E-state index contributed by atoms with van der Waals surface area (Å²) >= 11 is 6.00. The third kappa shape index (κ3) is 2.87. The highest BCUT2D eigenvalue weighted by Crippen LogP contribution is 2.25. The lowest BCUT2D eigenvalue weighted by molar-refractivity contribution is 0.321. The molecule has 20 heavy (non-hydrogen) atoms. The number of hydrogen-bond donors (Lipinski definition) is 1. The largest absolute Gasteiger partial charge is 0.441 e. The van der Waals surface area contributed by atoms with Gasteiger partial charge in [-0.1, -0.05) is 17.7 Å². The zero-order chi connectivity index (χ0) is 14.1. The van der Waals surface area contributed by atoms with E-state index < -0.39 is 0 Å². The molecule has 0 saturated carbocycles. The lowest BCUT2D eigenvalue weighted by atomic mass is 10.2. The Morgan fingerprint density at radius 1 is 1.50 bits per heavy atom. The molecular weight excluding hydrogens is 274 g/mol. The summed E-state index contributed by atoms with van der Waals surface area (Å²) in [5.74, 6) is 1.49. The number of benzene rings is 1. The molecule has 0 spiro atoms. The monoisotopic (exact) mass is 291 g/mol. The molecule has 1 aliphatic rings. The zero-order valence-corrected chi connectivity index (χ0v) is 12.2. The summed E-state index contributed by atoms with van der Waals surface area (Å²) in [5.41, 5.74) is 7.82. The number of nitrogens with two attached hydrogens (primary N) is 1. The third-order valence-corrected chi connectivity index (χ3v) is 3.88. The Balaban J connectivity index is 1.80. The van der Waals surface area contributed by atoms with Crippen LogP contribution in [0, 0.1) is 6.92 Å². The number of oxazole rings is 1. The van der Waals surface area contributed by atoms with Crippen LogP contribution in [0.1, 0.15) is 17.9 Å². The van der Waals surface area contributed by atoms with Crippen molar-refractivity contribution in [2.75, 3.05) is 13.1 Å². The van der Waals surface area contributed by atoms with Gasteiger partial charge in [-0.15, -0.1) is 0 Å². The van der Waals surface area contributed by atoms with Crippen LogP contribution < -0.4 is 5.73 Å². The van der Waals surface area contributed by atoms with Crippen molar-refractivity contribution < 1.29 is 4.42 Å². The lowest BCUT2D eigenvalue weighted by Crippen LogP contribution is -2.26. The molecule has 1 saturated heterocycles. The van der Waals surface area contributed by atoms with Gasteiger partial charge in [0.15, 0.2) is 0 Å². The second-order valence-electron chi connectivity index (χ2n) is 5.32. The average Bonchev–Trinajstić information content (AvgIpc) is 2.97. The molecule has 2 heterocycles. The van der Waals surface area contributed by atoms with Crippen molar-refractivity contribution in [1.82, 2.24) is 9.88 Å². The first kappa shape index (κ1) is 13.6. The summed E-state index contributed by atoms with van der Waals surface area (Å²) in [4.78, 5) is 6.92. The van der Waals surface area contributed by atoms with Crippen LogP contribution in [0.5, 0.6) is 0 Å². The Morgan fingerprint density at radius 3 is 3.05 bits per heavy atom. The first-order valence-corrected chi connectivity index (χ1v) is 7.20. The molecule has 5 heteroatoms. The lowest BCUT2D eigenvalue weighted by Gasteiger charge is -2.12. The fraction of sp³-hybridized carbons (Fsp3) is 0.400. The van der Waals surface area contributed by atoms with Crippen molar-refractivity contribution in [2.24, 2.45) is 5.73 Å². The molecule has 1 aliphatic heterocycles. The van der Waals surface area contributed by atoms with Gasteiger partial charge in [0.2, 0.25) is 5.89 Å². The summed E-state index contributed by atoms with van der Waals surface area (Å²) in [7, 11) is 0. The summed E-state index contributed by atoms with van der Waals surface area (Å²) < 4.78 is 5.77.